The molecule has 30 heavy (non-hydrogen) atoms. The summed E-state index contributed by atoms with van der Waals surface area (Å²) in [7, 11) is -3.10. The molecular weight excluding hydrogens is 421 g/mol. The Morgan fingerprint density at radius 2 is 2.07 bits per heavy atom. The molecule has 4 atom stereocenters. The highest BCUT2D eigenvalue weighted by Crippen LogP contribution is 2.46. The maximum Gasteiger partial charge on any atom is 0.472 e. The minimum Gasteiger partial charge on any atom is -0.496 e. The van der Waals surface area contributed by atoms with Gasteiger partial charge in [0.1, 0.15) is 24.0 Å². The molecule has 2 rings (SSSR count). The molecule has 1 aromatic carbocycles. The molecule has 0 radical (unpaired) electrons. The number of esters is 1. The zero-order chi connectivity index (χ0) is 22.1. The lowest BCUT2D eigenvalue weighted by Gasteiger charge is -2.31. The predicted octanol–water partition coefficient (Wildman–Crippen LogP) is 0.874. The van der Waals surface area contributed by atoms with E-state index in [0.29, 0.717) is 12.2 Å². The Labute approximate surface area is 173 Å². The standard InChI is InChI=1S/C18H26NO10P/c1-25-14-5-3-2-4-12(14)6-7-17(20)28-15-8-9-26-11-16(15)29-30(23,24)27-10-13(19)18(21)22/h2-5,13,15-16H,6-11,19H2,1H3,(H,21,22)(H,23,24)/t13-,15+,16+/m0/s1. The van der Waals surface area contributed by atoms with Gasteiger partial charge in [-0.25, -0.2) is 4.57 Å². The van der Waals surface area contributed by atoms with E-state index in [1.165, 1.54) is 0 Å². The molecule has 1 aliphatic rings. The number of rotatable bonds is 11. The molecule has 1 heterocycles. The third kappa shape index (κ3) is 7.67. The number of aryl methyl sites for hydroxylation is 1. The van der Waals surface area contributed by atoms with Crippen LogP contribution in [0.15, 0.2) is 24.3 Å². The van der Waals surface area contributed by atoms with Crippen LogP contribution < -0.4 is 10.5 Å². The van der Waals surface area contributed by atoms with Gasteiger partial charge in [0.25, 0.3) is 0 Å². The Kier molecular flexibility index (Phi) is 9.22. The fourth-order valence-corrected chi connectivity index (χ4v) is 3.70. The summed E-state index contributed by atoms with van der Waals surface area (Å²) >= 11 is 0. The summed E-state index contributed by atoms with van der Waals surface area (Å²) in [6, 6.07) is 5.80. The molecule has 1 fully saturated rings. The van der Waals surface area contributed by atoms with E-state index < -0.39 is 44.6 Å². The van der Waals surface area contributed by atoms with E-state index >= 15 is 0 Å². The van der Waals surface area contributed by atoms with Crippen LogP contribution >= 0.6 is 7.82 Å². The van der Waals surface area contributed by atoms with E-state index in [0.717, 1.165) is 5.56 Å². The van der Waals surface area contributed by atoms with E-state index in [9.17, 15) is 19.0 Å². The van der Waals surface area contributed by atoms with Gasteiger partial charge in [-0.3, -0.25) is 18.6 Å². The Hall–Kier alpha value is -2.01. The van der Waals surface area contributed by atoms with Crippen molar-refractivity contribution in [1.29, 1.82) is 0 Å². The molecule has 11 nitrogen and oxygen atoms in total. The van der Waals surface area contributed by atoms with Crippen LogP contribution in [0.2, 0.25) is 0 Å². The number of carbonyl (C=O) groups excluding carboxylic acids is 1. The normalized spacial score (nSPS) is 22.0. The molecule has 168 valence electrons. The number of methoxy groups -OCH3 is 1. The van der Waals surface area contributed by atoms with Crippen molar-refractivity contribution >= 4 is 19.8 Å². The van der Waals surface area contributed by atoms with Gasteiger partial charge in [0.2, 0.25) is 0 Å². The number of phosphoric acid groups is 1. The van der Waals surface area contributed by atoms with Crippen molar-refractivity contribution < 1.29 is 47.4 Å². The highest BCUT2D eigenvalue weighted by atomic mass is 31.2. The zero-order valence-corrected chi connectivity index (χ0v) is 17.4. The molecule has 0 bridgehead atoms. The van der Waals surface area contributed by atoms with Gasteiger partial charge in [0, 0.05) is 12.8 Å². The summed E-state index contributed by atoms with van der Waals surface area (Å²) in [5, 5.41) is 8.70. The summed E-state index contributed by atoms with van der Waals surface area (Å²) in [5.74, 6) is -1.24. The monoisotopic (exact) mass is 447 g/mol. The van der Waals surface area contributed by atoms with Crippen molar-refractivity contribution in [3.8, 4) is 5.75 Å². The lowest BCUT2D eigenvalue weighted by atomic mass is 10.1. The van der Waals surface area contributed by atoms with E-state index in [-0.39, 0.29) is 26.1 Å². The van der Waals surface area contributed by atoms with Gasteiger partial charge in [-0.2, -0.15) is 0 Å². The fourth-order valence-electron chi connectivity index (χ4n) is 2.75. The van der Waals surface area contributed by atoms with Gasteiger partial charge in [-0.15, -0.1) is 0 Å². The van der Waals surface area contributed by atoms with Crippen LogP contribution in [0, 0.1) is 0 Å². The average molecular weight is 447 g/mol. The van der Waals surface area contributed by atoms with E-state index in [1.807, 2.05) is 18.2 Å². The van der Waals surface area contributed by atoms with Crippen molar-refractivity contribution in [3.05, 3.63) is 29.8 Å². The second kappa shape index (κ2) is 11.4. The molecule has 0 saturated carbocycles. The highest BCUT2D eigenvalue weighted by molar-refractivity contribution is 7.47. The first-order valence-corrected chi connectivity index (χ1v) is 10.7. The number of hydrogen-bond donors (Lipinski definition) is 3. The molecule has 1 aromatic rings. The van der Waals surface area contributed by atoms with E-state index in [2.05, 4.69) is 4.52 Å². The minimum atomic E-state index is -4.64. The molecule has 0 amide bonds. The number of nitrogens with two attached hydrogens (primary N) is 1. The van der Waals surface area contributed by atoms with Crippen molar-refractivity contribution in [3.63, 3.8) is 0 Å². The lowest BCUT2D eigenvalue weighted by Crippen LogP contribution is -2.41. The number of para-hydroxylation sites is 1. The molecule has 1 saturated heterocycles. The molecular formula is C18H26NO10P. The first-order valence-electron chi connectivity index (χ1n) is 9.25. The van der Waals surface area contributed by atoms with Gasteiger partial charge in [-0.05, 0) is 18.1 Å². The molecule has 12 heteroatoms. The van der Waals surface area contributed by atoms with Gasteiger partial charge >= 0.3 is 19.8 Å². The Bertz CT molecular complexity index is 773. The maximum atomic E-state index is 12.3. The molecule has 1 aliphatic heterocycles. The molecule has 0 spiro atoms. The summed E-state index contributed by atoms with van der Waals surface area (Å²) < 4.78 is 37.6. The summed E-state index contributed by atoms with van der Waals surface area (Å²) in [5.41, 5.74) is 6.08. The maximum absolute atomic E-state index is 12.3. The zero-order valence-electron chi connectivity index (χ0n) is 16.5. The SMILES string of the molecule is COc1ccccc1CCC(=O)O[C@@H]1CCOC[C@H]1OP(=O)(O)OC[C@H](N)C(=O)O. The first kappa shape index (κ1) is 24.3. The summed E-state index contributed by atoms with van der Waals surface area (Å²) in [6.45, 7) is -0.534. The number of benzene rings is 1. The number of hydrogen-bond acceptors (Lipinski definition) is 9. The van der Waals surface area contributed by atoms with Crippen LogP contribution in [-0.2, 0) is 39.1 Å². The van der Waals surface area contributed by atoms with Gasteiger partial charge < -0.3 is 29.9 Å². The summed E-state index contributed by atoms with van der Waals surface area (Å²) in [4.78, 5) is 32.8. The Balaban J connectivity index is 1.89. The van der Waals surface area contributed by atoms with Crippen LogP contribution in [0.4, 0.5) is 0 Å². The van der Waals surface area contributed by atoms with Crippen LogP contribution in [-0.4, -0.2) is 67.1 Å². The Morgan fingerprint density at radius 3 is 2.77 bits per heavy atom. The number of carboxylic acid groups (broad SMARTS) is 1. The van der Waals surface area contributed by atoms with E-state index in [4.69, 9.17) is 29.6 Å². The van der Waals surface area contributed by atoms with Crippen LogP contribution in [0.1, 0.15) is 18.4 Å². The number of phosphoric ester groups is 1. The van der Waals surface area contributed by atoms with E-state index in [1.54, 1.807) is 13.2 Å². The van der Waals surface area contributed by atoms with Gasteiger partial charge in [0.15, 0.2) is 0 Å². The minimum absolute atomic E-state index is 0.0746. The second-order valence-electron chi connectivity index (χ2n) is 6.56. The number of ether oxygens (including phenoxy) is 3. The second-order valence-corrected chi connectivity index (χ2v) is 7.96. The fraction of sp³-hybridized carbons (Fsp3) is 0.556. The highest BCUT2D eigenvalue weighted by Gasteiger charge is 2.37. The largest absolute Gasteiger partial charge is 0.496 e. The lowest BCUT2D eigenvalue weighted by molar-refractivity contribution is -0.164. The smallest absolute Gasteiger partial charge is 0.472 e. The molecule has 0 aliphatic carbocycles. The van der Waals surface area contributed by atoms with Crippen LogP contribution in [0.3, 0.4) is 0 Å². The quantitative estimate of drug-likeness (QED) is 0.326. The molecule has 1 unspecified atom stereocenters. The number of carbonyl (C=O) groups is 2. The van der Waals surface area contributed by atoms with Crippen molar-refractivity contribution in [2.24, 2.45) is 5.73 Å². The van der Waals surface area contributed by atoms with Crippen LogP contribution in [0.25, 0.3) is 0 Å². The number of carboxylic acids is 1. The molecule has 4 N–H and O–H groups in total. The van der Waals surface area contributed by atoms with Crippen molar-refractivity contribution in [1.82, 2.24) is 0 Å². The average Bonchev–Trinajstić information content (AvgIpc) is 2.72. The van der Waals surface area contributed by atoms with Gasteiger partial charge in [0.05, 0.1) is 26.9 Å². The number of aliphatic carboxylic acids is 1. The summed E-state index contributed by atoms with van der Waals surface area (Å²) in [6.07, 6.45) is -1.14. The third-order valence-electron chi connectivity index (χ3n) is 4.32. The Morgan fingerprint density at radius 1 is 1.33 bits per heavy atom. The van der Waals surface area contributed by atoms with Gasteiger partial charge in [-0.1, -0.05) is 18.2 Å². The third-order valence-corrected chi connectivity index (χ3v) is 5.33. The van der Waals surface area contributed by atoms with Crippen molar-refractivity contribution in [2.45, 2.75) is 37.5 Å². The first-order chi connectivity index (χ1) is 14.2. The predicted molar refractivity (Wildman–Crippen MR) is 103 cm³/mol. The topological polar surface area (TPSA) is 164 Å². The van der Waals surface area contributed by atoms with Crippen molar-refractivity contribution in [2.75, 3.05) is 26.9 Å². The molecule has 0 aromatic heterocycles. The van der Waals surface area contributed by atoms with Crippen LogP contribution in [0.5, 0.6) is 5.75 Å².